The van der Waals surface area contributed by atoms with Crippen LogP contribution in [0.15, 0.2) is 54.6 Å². The molecule has 2 aromatic carbocycles. The number of hydrogen-bond acceptors (Lipinski definition) is 3. The highest BCUT2D eigenvalue weighted by Gasteiger charge is 2.32. The predicted octanol–water partition coefficient (Wildman–Crippen LogP) is 3.59. The molecular formula is C22H26N2O2. The normalized spacial score (nSPS) is 24.2. The van der Waals surface area contributed by atoms with E-state index in [0.29, 0.717) is 18.7 Å². The minimum Gasteiger partial charge on any atom is -0.445 e. The predicted molar refractivity (Wildman–Crippen MR) is 102 cm³/mol. The Morgan fingerprint density at radius 3 is 2.46 bits per heavy atom. The summed E-state index contributed by atoms with van der Waals surface area (Å²) in [6.45, 7) is 0.322. The molecule has 1 atom stereocenters. The molecule has 2 aromatic rings. The fourth-order valence-electron chi connectivity index (χ4n) is 3.98. The molecule has 4 nitrogen and oxygen atoms in total. The van der Waals surface area contributed by atoms with Crippen molar-refractivity contribution in [2.24, 2.45) is 0 Å². The first-order valence-electron chi connectivity index (χ1n) is 9.56. The maximum absolute atomic E-state index is 11.9. The highest BCUT2D eigenvalue weighted by molar-refractivity contribution is 5.67. The summed E-state index contributed by atoms with van der Waals surface area (Å²) in [6.07, 6.45) is 5.13. The van der Waals surface area contributed by atoms with E-state index in [1.165, 1.54) is 17.5 Å². The minimum atomic E-state index is -0.316. The van der Waals surface area contributed by atoms with Gasteiger partial charge in [0.1, 0.15) is 6.61 Å². The second-order valence-corrected chi connectivity index (χ2v) is 7.45. The molecule has 0 aliphatic heterocycles. The SMILES string of the molecule is O=C(NC1CC(NC2CCc3ccccc3C2)C1)OCc1ccccc1. The first kappa shape index (κ1) is 17.1. The Labute approximate surface area is 155 Å². The van der Waals surface area contributed by atoms with E-state index in [0.717, 1.165) is 31.2 Å². The number of amides is 1. The number of fused-ring (bicyclic) bond motifs is 1. The number of benzene rings is 2. The van der Waals surface area contributed by atoms with E-state index >= 15 is 0 Å². The van der Waals surface area contributed by atoms with Crippen LogP contribution in [0.3, 0.4) is 0 Å². The van der Waals surface area contributed by atoms with Crippen molar-refractivity contribution in [3.8, 4) is 0 Å². The molecular weight excluding hydrogens is 324 g/mol. The summed E-state index contributed by atoms with van der Waals surface area (Å²) in [4.78, 5) is 11.9. The first-order valence-corrected chi connectivity index (χ1v) is 9.56. The average Bonchev–Trinajstić information content (AvgIpc) is 2.65. The van der Waals surface area contributed by atoms with Gasteiger partial charge in [-0.05, 0) is 48.8 Å². The van der Waals surface area contributed by atoms with Crippen LogP contribution >= 0.6 is 0 Å². The molecule has 2 N–H and O–H groups in total. The van der Waals surface area contributed by atoms with Crippen molar-refractivity contribution >= 4 is 6.09 Å². The van der Waals surface area contributed by atoms with Gasteiger partial charge in [0.25, 0.3) is 0 Å². The smallest absolute Gasteiger partial charge is 0.407 e. The Balaban J connectivity index is 1.15. The van der Waals surface area contributed by atoms with Crippen LogP contribution in [-0.2, 0) is 24.2 Å². The van der Waals surface area contributed by atoms with Gasteiger partial charge in [-0.25, -0.2) is 4.79 Å². The number of hydrogen-bond donors (Lipinski definition) is 2. The highest BCUT2D eigenvalue weighted by Crippen LogP contribution is 2.25. The second kappa shape index (κ2) is 7.92. The summed E-state index contributed by atoms with van der Waals surface area (Å²) in [5.74, 6) is 0. The third-order valence-corrected chi connectivity index (χ3v) is 5.49. The maximum Gasteiger partial charge on any atom is 0.407 e. The van der Waals surface area contributed by atoms with Gasteiger partial charge in [-0.2, -0.15) is 0 Å². The summed E-state index contributed by atoms with van der Waals surface area (Å²) in [5, 5.41) is 6.73. The van der Waals surface area contributed by atoms with Crippen molar-refractivity contribution in [1.82, 2.24) is 10.6 Å². The third kappa shape index (κ3) is 4.25. The number of ether oxygens (including phenoxy) is 1. The minimum absolute atomic E-state index is 0.228. The molecule has 26 heavy (non-hydrogen) atoms. The average molecular weight is 350 g/mol. The van der Waals surface area contributed by atoms with Crippen LogP contribution in [-0.4, -0.2) is 24.2 Å². The highest BCUT2D eigenvalue weighted by atomic mass is 16.5. The van der Waals surface area contributed by atoms with Gasteiger partial charge in [0.15, 0.2) is 0 Å². The second-order valence-electron chi connectivity index (χ2n) is 7.45. The van der Waals surface area contributed by atoms with Crippen LogP contribution < -0.4 is 10.6 Å². The lowest BCUT2D eigenvalue weighted by atomic mass is 9.83. The van der Waals surface area contributed by atoms with Gasteiger partial charge in [-0.3, -0.25) is 0 Å². The number of rotatable bonds is 5. The molecule has 0 bridgehead atoms. The van der Waals surface area contributed by atoms with Crippen LogP contribution in [0.2, 0.25) is 0 Å². The number of alkyl carbamates (subject to hydrolysis) is 1. The monoisotopic (exact) mass is 350 g/mol. The zero-order valence-electron chi connectivity index (χ0n) is 15.0. The van der Waals surface area contributed by atoms with Gasteiger partial charge in [0, 0.05) is 18.1 Å². The molecule has 4 rings (SSSR count). The molecule has 0 saturated heterocycles. The molecule has 1 saturated carbocycles. The zero-order chi connectivity index (χ0) is 17.8. The van der Waals surface area contributed by atoms with Crippen LogP contribution in [0, 0.1) is 0 Å². The van der Waals surface area contributed by atoms with E-state index in [9.17, 15) is 4.79 Å². The van der Waals surface area contributed by atoms with E-state index in [1.54, 1.807) is 0 Å². The van der Waals surface area contributed by atoms with E-state index in [1.807, 2.05) is 30.3 Å². The molecule has 0 aromatic heterocycles. The lowest BCUT2D eigenvalue weighted by Crippen LogP contribution is -2.55. The van der Waals surface area contributed by atoms with E-state index in [2.05, 4.69) is 34.9 Å². The molecule has 0 heterocycles. The Morgan fingerprint density at radius 2 is 1.65 bits per heavy atom. The number of carbonyl (C=O) groups is 1. The van der Waals surface area contributed by atoms with Crippen molar-refractivity contribution in [3.63, 3.8) is 0 Å². The van der Waals surface area contributed by atoms with E-state index < -0.39 is 0 Å². The molecule has 136 valence electrons. The van der Waals surface area contributed by atoms with Crippen LogP contribution in [0.25, 0.3) is 0 Å². The summed E-state index contributed by atoms with van der Waals surface area (Å²) in [7, 11) is 0. The fraction of sp³-hybridized carbons (Fsp3) is 0.409. The Kier molecular flexibility index (Phi) is 5.21. The summed E-state index contributed by atoms with van der Waals surface area (Å²) < 4.78 is 5.29. The fourth-order valence-corrected chi connectivity index (χ4v) is 3.98. The molecule has 4 heteroatoms. The molecule has 1 unspecified atom stereocenters. The van der Waals surface area contributed by atoms with E-state index in [-0.39, 0.29) is 12.1 Å². The van der Waals surface area contributed by atoms with Crippen molar-refractivity contribution in [3.05, 3.63) is 71.3 Å². The lowest BCUT2D eigenvalue weighted by Gasteiger charge is -2.39. The van der Waals surface area contributed by atoms with Crippen molar-refractivity contribution in [2.45, 2.75) is 56.8 Å². The molecule has 2 aliphatic carbocycles. The van der Waals surface area contributed by atoms with Gasteiger partial charge in [-0.1, -0.05) is 54.6 Å². The number of nitrogens with one attached hydrogen (secondary N) is 2. The van der Waals surface area contributed by atoms with E-state index in [4.69, 9.17) is 4.74 Å². The van der Waals surface area contributed by atoms with Crippen LogP contribution in [0.1, 0.15) is 36.0 Å². The van der Waals surface area contributed by atoms with Crippen LogP contribution in [0.5, 0.6) is 0 Å². The van der Waals surface area contributed by atoms with Crippen molar-refractivity contribution < 1.29 is 9.53 Å². The quantitative estimate of drug-likeness (QED) is 0.866. The summed E-state index contributed by atoms with van der Waals surface area (Å²) >= 11 is 0. The van der Waals surface area contributed by atoms with Gasteiger partial charge in [0.2, 0.25) is 0 Å². The Bertz CT molecular complexity index is 741. The van der Waals surface area contributed by atoms with Gasteiger partial charge in [0.05, 0.1) is 0 Å². The Hall–Kier alpha value is -2.33. The molecule has 2 aliphatic rings. The summed E-state index contributed by atoms with van der Waals surface area (Å²) in [6, 6.07) is 19.8. The molecule has 0 radical (unpaired) electrons. The van der Waals surface area contributed by atoms with Gasteiger partial charge < -0.3 is 15.4 Å². The zero-order valence-corrected chi connectivity index (χ0v) is 15.0. The van der Waals surface area contributed by atoms with Crippen LogP contribution in [0.4, 0.5) is 4.79 Å². The van der Waals surface area contributed by atoms with Gasteiger partial charge in [-0.15, -0.1) is 0 Å². The molecule has 1 amide bonds. The molecule has 1 fully saturated rings. The van der Waals surface area contributed by atoms with Gasteiger partial charge >= 0.3 is 6.09 Å². The largest absolute Gasteiger partial charge is 0.445 e. The molecule has 0 spiro atoms. The number of aryl methyl sites for hydroxylation is 1. The maximum atomic E-state index is 11.9. The van der Waals surface area contributed by atoms with Crippen molar-refractivity contribution in [1.29, 1.82) is 0 Å². The lowest BCUT2D eigenvalue weighted by molar-refractivity contribution is 0.124. The topological polar surface area (TPSA) is 50.4 Å². The Morgan fingerprint density at radius 1 is 0.923 bits per heavy atom. The standard InChI is InChI=1S/C22H26N2O2/c25-22(26-15-16-6-2-1-3-7-16)24-21-13-20(14-21)23-19-11-10-17-8-4-5-9-18(17)12-19/h1-9,19-21,23H,10-15H2,(H,24,25). The van der Waals surface area contributed by atoms with Crippen molar-refractivity contribution in [2.75, 3.05) is 0 Å². The number of carbonyl (C=O) groups excluding carboxylic acids is 1. The first-order chi connectivity index (χ1) is 12.8. The third-order valence-electron chi connectivity index (χ3n) is 5.49. The summed E-state index contributed by atoms with van der Waals surface area (Å²) in [5.41, 5.74) is 3.99.